The Morgan fingerprint density at radius 1 is 1.57 bits per heavy atom. The quantitative estimate of drug-likeness (QED) is 0.286. The van der Waals surface area contributed by atoms with Gasteiger partial charge in [0.25, 0.3) is 0 Å². The number of hydrogen-bond donors (Lipinski definition) is 3. The van der Waals surface area contributed by atoms with Crippen LogP contribution in [0.2, 0.25) is 0 Å². The molecule has 14 heavy (non-hydrogen) atoms. The molecule has 0 unspecified atom stereocenters. The van der Waals surface area contributed by atoms with Gasteiger partial charge in [0.15, 0.2) is 5.84 Å². The molecule has 0 fully saturated rings. The summed E-state index contributed by atoms with van der Waals surface area (Å²) in [7, 11) is 1.56. The van der Waals surface area contributed by atoms with Crippen molar-refractivity contribution in [1.29, 1.82) is 0 Å². The van der Waals surface area contributed by atoms with Crippen LogP contribution in [0.25, 0.3) is 0 Å². The number of nitrogens with zero attached hydrogens (tertiary/aromatic N) is 1. The summed E-state index contributed by atoms with van der Waals surface area (Å²) in [5.74, 6) is -0.152. The molecule has 0 aliphatic heterocycles. The number of benzene rings is 1. The SMILES string of the molecule is COCc1ccc(/C(N)=N\O)c(O)c1. The lowest BCUT2D eigenvalue weighted by Gasteiger charge is -2.05. The van der Waals surface area contributed by atoms with Crippen molar-refractivity contribution in [2.75, 3.05) is 7.11 Å². The predicted molar refractivity (Wildman–Crippen MR) is 51.3 cm³/mol. The van der Waals surface area contributed by atoms with Crippen molar-refractivity contribution < 1.29 is 15.1 Å². The summed E-state index contributed by atoms with van der Waals surface area (Å²) in [6, 6.07) is 4.81. The van der Waals surface area contributed by atoms with Crippen LogP contribution in [-0.2, 0) is 11.3 Å². The second-order valence-corrected chi connectivity index (χ2v) is 2.77. The summed E-state index contributed by atoms with van der Waals surface area (Å²) in [5.41, 5.74) is 6.45. The first-order valence-corrected chi connectivity index (χ1v) is 3.97. The Balaban J connectivity index is 3.01. The maximum atomic E-state index is 9.49. The number of methoxy groups -OCH3 is 1. The third kappa shape index (κ3) is 2.14. The fraction of sp³-hybridized carbons (Fsp3) is 0.222. The topological polar surface area (TPSA) is 88.1 Å². The molecule has 0 amide bonds. The standard InChI is InChI=1S/C9H12N2O3/c1-14-5-6-2-3-7(8(12)4-6)9(10)11-13/h2-4,12-13H,5H2,1H3,(H2,10,11). The second kappa shape index (κ2) is 4.48. The summed E-state index contributed by atoms with van der Waals surface area (Å²) < 4.78 is 4.89. The van der Waals surface area contributed by atoms with Gasteiger partial charge < -0.3 is 20.8 Å². The van der Waals surface area contributed by atoms with Crippen LogP contribution in [0.1, 0.15) is 11.1 Å². The molecule has 0 radical (unpaired) electrons. The van der Waals surface area contributed by atoms with Crippen molar-refractivity contribution in [1.82, 2.24) is 0 Å². The monoisotopic (exact) mass is 196 g/mol. The van der Waals surface area contributed by atoms with Crippen molar-refractivity contribution in [2.45, 2.75) is 6.61 Å². The molecule has 5 nitrogen and oxygen atoms in total. The third-order valence-electron chi connectivity index (χ3n) is 1.76. The first-order valence-electron chi connectivity index (χ1n) is 3.97. The number of aromatic hydroxyl groups is 1. The lowest BCUT2D eigenvalue weighted by Crippen LogP contribution is -2.13. The molecule has 0 saturated carbocycles. The van der Waals surface area contributed by atoms with E-state index in [1.54, 1.807) is 19.2 Å². The van der Waals surface area contributed by atoms with E-state index in [9.17, 15) is 5.11 Å². The highest BCUT2D eigenvalue weighted by molar-refractivity contribution is 5.99. The van der Waals surface area contributed by atoms with Gasteiger partial charge in [-0.2, -0.15) is 0 Å². The van der Waals surface area contributed by atoms with Crippen LogP contribution in [0.4, 0.5) is 0 Å². The average molecular weight is 196 g/mol. The number of ether oxygens (including phenoxy) is 1. The Kier molecular flexibility index (Phi) is 3.30. The van der Waals surface area contributed by atoms with Crippen LogP contribution in [0.3, 0.4) is 0 Å². The van der Waals surface area contributed by atoms with E-state index in [-0.39, 0.29) is 11.6 Å². The van der Waals surface area contributed by atoms with Gasteiger partial charge >= 0.3 is 0 Å². The summed E-state index contributed by atoms with van der Waals surface area (Å²) in [6.07, 6.45) is 0. The Morgan fingerprint density at radius 2 is 2.29 bits per heavy atom. The van der Waals surface area contributed by atoms with Crippen molar-refractivity contribution in [3.8, 4) is 5.75 Å². The van der Waals surface area contributed by atoms with Gasteiger partial charge in [0.2, 0.25) is 0 Å². The lowest BCUT2D eigenvalue weighted by atomic mass is 10.1. The third-order valence-corrected chi connectivity index (χ3v) is 1.76. The van der Waals surface area contributed by atoms with Gasteiger partial charge in [-0.05, 0) is 17.7 Å². The number of oxime groups is 1. The zero-order valence-electron chi connectivity index (χ0n) is 7.77. The van der Waals surface area contributed by atoms with Gasteiger partial charge in [0.05, 0.1) is 12.2 Å². The summed E-state index contributed by atoms with van der Waals surface area (Å²) in [5, 5.41) is 20.7. The largest absolute Gasteiger partial charge is 0.507 e. The molecular formula is C9H12N2O3. The van der Waals surface area contributed by atoms with Gasteiger partial charge in [0, 0.05) is 7.11 Å². The Bertz CT molecular complexity index is 350. The minimum Gasteiger partial charge on any atom is -0.507 e. The van der Waals surface area contributed by atoms with Crippen molar-refractivity contribution >= 4 is 5.84 Å². The van der Waals surface area contributed by atoms with Gasteiger partial charge in [-0.3, -0.25) is 0 Å². The van der Waals surface area contributed by atoms with E-state index in [1.807, 2.05) is 0 Å². The highest BCUT2D eigenvalue weighted by Crippen LogP contribution is 2.18. The molecule has 0 saturated heterocycles. The minimum absolute atomic E-state index is 0.0325. The van der Waals surface area contributed by atoms with E-state index in [0.29, 0.717) is 12.2 Å². The van der Waals surface area contributed by atoms with E-state index >= 15 is 0 Å². The molecule has 0 aromatic heterocycles. The Morgan fingerprint density at radius 3 is 2.79 bits per heavy atom. The number of rotatable bonds is 3. The molecule has 76 valence electrons. The average Bonchev–Trinajstić information content (AvgIpc) is 2.17. The fourth-order valence-corrected chi connectivity index (χ4v) is 1.10. The Hall–Kier alpha value is -1.75. The van der Waals surface area contributed by atoms with Gasteiger partial charge in [0.1, 0.15) is 5.75 Å². The fourth-order valence-electron chi connectivity index (χ4n) is 1.10. The lowest BCUT2D eigenvalue weighted by molar-refractivity contribution is 0.184. The van der Waals surface area contributed by atoms with Gasteiger partial charge in [-0.25, -0.2) is 0 Å². The number of amidine groups is 1. The van der Waals surface area contributed by atoms with Gasteiger partial charge in [-0.1, -0.05) is 11.2 Å². The molecule has 0 bridgehead atoms. The smallest absolute Gasteiger partial charge is 0.173 e. The number of phenols is 1. The molecule has 1 aromatic rings. The molecule has 0 heterocycles. The number of phenolic OH excluding ortho intramolecular Hbond substituents is 1. The maximum absolute atomic E-state index is 9.49. The molecule has 0 aliphatic carbocycles. The molecule has 0 aliphatic rings. The molecule has 0 spiro atoms. The highest BCUT2D eigenvalue weighted by Gasteiger charge is 2.06. The zero-order valence-corrected chi connectivity index (χ0v) is 7.77. The van der Waals surface area contributed by atoms with E-state index < -0.39 is 0 Å². The highest BCUT2D eigenvalue weighted by atomic mass is 16.5. The van der Waals surface area contributed by atoms with Crippen LogP contribution in [-0.4, -0.2) is 23.3 Å². The van der Waals surface area contributed by atoms with E-state index in [2.05, 4.69) is 5.16 Å². The van der Waals surface area contributed by atoms with E-state index in [0.717, 1.165) is 5.56 Å². The maximum Gasteiger partial charge on any atom is 0.173 e. The number of nitrogens with two attached hydrogens (primary N) is 1. The van der Waals surface area contributed by atoms with Gasteiger partial charge in [-0.15, -0.1) is 0 Å². The van der Waals surface area contributed by atoms with Crippen molar-refractivity contribution in [2.24, 2.45) is 10.9 Å². The van der Waals surface area contributed by atoms with Crippen LogP contribution >= 0.6 is 0 Å². The molecule has 1 aromatic carbocycles. The van der Waals surface area contributed by atoms with Crippen LogP contribution in [0, 0.1) is 0 Å². The van der Waals surface area contributed by atoms with Crippen LogP contribution < -0.4 is 5.73 Å². The van der Waals surface area contributed by atoms with Crippen molar-refractivity contribution in [3.05, 3.63) is 29.3 Å². The molecule has 5 heteroatoms. The van der Waals surface area contributed by atoms with E-state index in [1.165, 1.54) is 6.07 Å². The summed E-state index contributed by atoms with van der Waals surface area (Å²) in [4.78, 5) is 0. The molecule has 0 atom stereocenters. The predicted octanol–water partition coefficient (Wildman–Crippen LogP) is 0.633. The zero-order chi connectivity index (χ0) is 10.6. The molecule has 1 rings (SSSR count). The van der Waals surface area contributed by atoms with Crippen LogP contribution in [0.5, 0.6) is 5.75 Å². The molecule has 4 N–H and O–H groups in total. The normalized spacial score (nSPS) is 11.6. The first kappa shape index (κ1) is 10.3. The Labute approximate surface area is 81.4 Å². The first-order chi connectivity index (χ1) is 6.69. The molecular weight excluding hydrogens is 184 g/mol. The summed E-state index contributed by atoms with van der Waals surface area (Å²) >= 11 is 0. The second-order valence-electron chi connectivity index (χ2n) is 2.77. The number of hydrogen-bond acceptors (Lipinski definition) is 4. The minimum atomic E-state index is -0.119. The summed E-state index contributed by atoms with van der Waals surface area (Å²) in [6.45, 7) is 0.407. The van der Waals surface area contributed by atoms with Crippen molar-refractivity contribution in [3.63, 3.8) is 0 Å². The van der Waals surface area contributed by atoms with Crippen LogP contribution in [0.15, 0.2) is 23.4 Å². The van der Waals surface area contributed by atoms with E-state index in [4.69, 9.17) is 15.7 Å².